The molecule has 1 aromatic heterocycles. The summed E-state index contributed by atoms with van der Waals surface area (Å²) < 4.78 is 0.962. The number of carbonyl (C=O) groups excluding carboxylic acids is 1. The number of nitrogens with zero attached hydrogens (tertiary/aromatic N) is 2. The van der Waals surface area contributed by atoms with Crippen LogP contribution in [0.3, 0.4) is 0 Å². The molecule has 2 aromatic rings. The van der Waals surface area contributed by atoms with Crippen LogP contribution < -0.4 is 15.8 Å². The van der Waals surface area contributed by atoms with Crippen molar-refractivity contribution in [3.05, 3.63) is 50.2 Å². The molecule has 0 aliphatic carbocycles. The Morgan fingerprint density at radius 1 is 1.08 bits per heavy atom. The van der Waals surface area contributed by atoms with Crippen LogP contribution in [0, 0.1) is 0 Å². The number of H-pyrrole nitrogens is 1. The fourth-order valence-electron chi connectivity index (χ4n) is 3.59. The molecule has 1 amide bonds. The molecule has 0 radical (unpaired) electrons. The second-order valence-electron chi connectivity index (χ2n) is 6.56. The minimum Gasteiger partial charge on any atom is -0.342 e. The number of hydrogen-bond donors (Lipinski definition) is 2. The van der Waals surface area contributed by atoms with E-state index in [1.165, 1.54) is 6.42 Å². The van der Waals surface area contributed by atoms with Gasteiger partial charge < -0.3 is 10.2 Å². The molecule has 1 unspecified atom stereocenters. The zero-order chi connectivity index (χ0) is 17.4. The summed E-state index contributed by atoms with van der Waals surface area (Å²) in [7, 11) is 0. The lowest BCUT2D eigenvalue weighted by molar-refractivity contribution is -0.116. The number of benzene rings is 1. The second-order valence-corrected chi connectivity index (χ2v) is 7.47. The Morgan fingerprint density at radius 3 is 2.52 bits per heavy atom. The molecule has 2 aliphatic rings. The standard InChI is InChI=1S/C18H19BrN4O2/c19-12-6-4-11(5-7-12)13-10-14(24)20-16-15(13)17(25)22-18(21-16)23-8-2-1-3-9-23/h4-7,13H,1-3,8-10H2,(H2,20,21,22,24,25). The van der Waals surface area contributed by atoms with Crippen molar-refractivity contribution >= 4 is 33.6 Å². The van der Waals surface area contributed by atoms with E-state index in [1.54, 1.807) is 0 Å². The van der Waals surface area contributed by atoms with Crippen LogP contribution in [-0.2, 0) is 4.79 Å². The average molecular weight is 403 g/mol. The van der Waals surface area contributed by atoms with Crippen molar-refractivity contribution in [3.8, 4) is 0 Å². The van der Waals surface area contributed by atoms with E-state index in [4.69, 9.17) is 0 Å². The number of carbonyl (C=O) groups is 1. The number of hydrogen-bond acceptors (Lipinski definition) is 4. The van der Waals surface area contributed by atoms with Crippen molar-refractivity contribution in [2.45, 2.75) is 31.6 Å². The number of rotatable bonds is 2. The Morgan fingerprint density at radius 2 is 1.80 bits per heavy atom. The topological polar surface area (TPSA) is 78.1 Å². The Kier molecular flexibility index (Phi) is 4.33. The second kappa shape index (κ2) is 6.63. The van der Waals surface area contributed by atoms with Crippen molar-refractivity contribution in [2.24, 2.45) is 0 Å². The smallest absolute Gasteiger partial charge is 0.258 e. The van der Waals surface area contributed by atoms with Gasteiger partial charge in [-0.25, -0.2) is 0 Å². The van der Waals surface area contributed by atoms with Crippen LogP contribution in [0.2, 0.25) is 0 Å². The molecule has 0 bridgehead atoms. The predicted octanol–water partition coefficient (Wildman–Crippen LogP) is 3.00. The van der Waals surface area contributed by atoms with Crippen molar-refractivity contribution in [1.82, 2.24) is 9.97 Å². The Balaban J connectivity index is 1.77. The van der Waals surface area contributed by atoms with Gasteiger partial charge in [0.1, 0.15) is 5.82 Å². The van der Waals surface area contributed by atoms with Gasteiger partial charge in [-0.05, 0) is 37.0 Å². The molecule has 3 heterocycles. The molecule has 4 rings (SSSR count). The Labute approximate surface area is 153 Å². The van der Waals surface area contributed by atoms with Crippen LogP contribution >= 0.6 is 15.9 Å². The zero-order valence-corrected chi connectivity index (χ0v) is 15.3. The molecular formula is C18H19BrN4O2. The SMILES string of the molecule is O=C1CC(c2ccc(Br)cc2)c2c(nc(N3CCCCC3)[nH]c2=O)N1. The van der Waals surface area contributed by atoms with E-state index in [0.717, 1.165) is 36.0 Å². The highest BCUT2D eigenvalue weighted by Crippen LogP contribution is 2.35. The molecule has 25 heavy (non-hydrogen) atoms. The lowest BCUT2D eigenvalue weighted by Gasteiger charge is -2.29. The minimum absolute atomic E-state index is 0.108. The van der Waals surface area contributed by atoms with E-state index < -0.39 is 0 Å². The van der Waals surface area contributed by atoms with Crippen molar-refractivity contribution in [2.75, 3.05) is 23.3 Å². The highest BCUT2D eigenvalue weighted by molar-refractivity contribution is 9.10. The maximum Gasteiger partial charge on any atom is 0.258 e. The third-order valence-corrected chi connectivity index (χ3v) is 5.40. The summed E-state index contributed by atoms with van der Waals surface area (Å²) in [6.45, 7) is 1.76. The number of amides is 1. The summed E-state index contributed by atoms with van der Waals surface area (Å²) in [4.78, 5) is 34.6. The number of fused-ring (bicyclic) bond motifs is 1. The summed E-state index contributed by atoms with van der Waals surface area (Å²) in [5.74, 6) is 0.570. The van der Waals surface area contributed by atoms with Gasteiger partial charge >= 0.3 is 0 Å². The number of nitrogens with one attached hydrogen (secondary N) is 2. The van der Waals surface area contributed by atoms with Crippen LogP contribution in [0.25, 0.3) is 0 Å². The summed E-state index contributed by atoms with van der Waals surface area (Å²) in [6.07, 6.45) is 3.64. The number of halogens is 1. The predicted molar refractivity (Wildman–Crippen MR) is 100 cm³/mol. The molecule has 7 heteroatoms. The molecule has 1 fully saturated rings. The molecule has 130 valence electrons. The summed E-state index contributed by atoms with van der Waals surface area (Å²) in [6, 6.07) is 7.72. The van der Waals surface area contributed by atoms with E-state index in [-0.39, 0.29) is 23.8 Å². The normalized spacial score (nSPS) is 20.1. The van der Waals surface area contributed by atoms with E-state index in [9.17, 15) is 9.59 Å². The van der Waals surface area contributed by atoms with Crippen LogP contribution in [0.1, 0.15) is 42.7 Å². The molecule has 2 aliphatic heterocycles. The molecule has 1 aromatic carbocycles. The monoisotopic (exact) mass is 402 g/mol. The quantitative estimate of drug-likeness (QED) is 0.808. The van der Waals surface area contributed by atoms with Gasteiger partial charge in [-0.2, -0.15) is 4.98 Å². The van der Waals surface area contributed by atoms with E-state index >= 15 is 0 Å². The van der Waals surface area contributed by atoms with Gasteiger partial charge in [0, 0.05) is 29.9 Å². The van der Waals surface area contributed by atoms with Gasteiger partial charge in [0.2, 0.25) is 11.9 Å². The molecule has 6 nitrogen and oxygen atoms in total. The van der Waals surface area contributed by atoms with Crippen molar-refractivity contribution < 1.29 is 4.79 Å². The maximum absolute atomic E-state index is 12.8. The summed E-state index contributed by atoms with van der Waals surface area (Å²) >= 11 is 3.42. The van der Waals surface area contributed by atoms with Gasteiger partial charge in [0.25, 0.3) is 5.56 Å². The van der Waals surface area contributed by atoms with Gasteiger partial charge in [-0.15, -0.1) is 0 Å². The molecule has 0 saturated carbocycles. The molecule has 1 saturated heterocycles. The number of aromatic nitrogens is 2. The fourth-order valence-corrected chi connectivity index (χ4v) is 3.86. The lowest BCUT2D eigenvalue weighted by atomic mass is 9.87. The molecular weight excluding hydrogens is 384 g/mol. The third kappa shape index (κ3) is 3.20. The van der Waals surface area contributed by atoms with Crippen LogP contribution in [0.4, 0.5) is 11.8 Å². The number of aromatic amines is 1. The van der Waals surface area contributed by atoms with Crippen molar-refractivity contribution in [3.63, 3.8) is 0 Å². The molecule has 1 atom stereocenters. The highest BCUT2D eigenvalue weighted by Gasteiger charge is 2.31. The Hall–Kier alpha value is -2.15. The number of anilines is 2. The van der Waals surface area contributed by atoms with Crippen LogP contribution in [0.15, 0.2) is 33.5 Å². The van der Waals surface area contributed by atoms with E-state index in [1.807, 2.05) is 24.3 Å². The van der Waals surface area contributed by atoms with Crippen LogP contribution in [0.5, 0.6) is 0 Å². The zero-order valence-electron chi connectivity index (χ0n) is 13.7. The molecule has 2 N–H and O–H groups in total. The molecule has 0 spiro atoms. The third-order valence-electron chi connectivity index (χ3n) is 4.87. The lowest BCUT2D eigenvalue weighted by Crippen LogP contribution is -2.36. The average Bonchev–Trinajstić information content (AvgIpc) is 2.62. The Bertz CT molecular complexity index is 856. The first-order valence-electron chi connectivity index (χ1n) is 8.56. The highest BCUT2D eigenvalue weighted by atomic mass is 79.9. The van der Waals surface area contributed by atoms with E-state index in [0.29, 0.717) is 17.3 Å². The van der Waals surface area contributed by atoms with Gasteiger partial charge in [0.05, 0.1) is 5.56 Å². The maximum atomic E-state index is 12.8. The summed E-state index contributed by atoms with van der Waals surface area (Å²) in [5.41, 5.74) is 1.32. The number of piperidine rings is 1. The van der Waals surface area contributed by atoms with Crippen LogP contribution in [-0.4, -0.2) is 29.0 Å². The van der Waals surface area contributed by atoms with Gasteiger partial charge in [-0.3, -0.25) is 14.6 Å². The summed E-state index contributed by atoms with van der Waals surface area (Å²) in [5, 5.41) is 2.79. The minimum atomic E-state index is -0.275. The largest absolute Gasteiger partial charge is 0.342 e. The van der Waals surface area contributed by atoms with E-state index in [2.05, 4.69) is 36.1 Å². The first-order valence-corrected chi connectivity index (χ1v) is 9.35. The van der Waals surface area contributed by atoms with Gasteiger partial charge in [-0.1, -0.05) is 28.1 Å². The fraction of sp³-hybridized carbons (Fsp3) is 0.389. The first-order chi connectivity index (χ1) is 12.1. The van der Waals surface area contributed by atoms with Crippen molar-refractivity contribution in [1.29, 1.82) is 0 Å². The van der Waals surface area contributed by atoms with Gasteiger partial charge in [0.15, 0.2) is 0 Å². The first kappa shape index (κ1) is 16.3.